The molecule has 0 aromatic heterocycles. The van der Waals surface area contributed by atoms with Gasteiger partial charge >= 0.3 is 0 Å². The van der Waals surface area contributed by atoms with Crippen LogP contribution < -0.4 is 5.32 Å². The Morgan fingerprint density at radius 1 is 1.00 bits per heavy atom. The molecular formula is C19H23N. The lowest BCUT2D eigenvalue weighted by molar-refractivity contribution is 0.515. The van der Waals surface area contributed by atoms with Crippen LogP contribution in [-0.2, 0) is 0 Å². The van der Waals surface area contributed by atoms with Crippen molar-refractivity contribution in [1.29, 1.82) is 0 Å². The van der Waals surface area contributed by atoms with Crippen molar-refractivity contribution in [2.24, 2.45) is 5.92 Å². The largest absolute Gasteiger partial charge is 0.313 e. The summed E-state index contributed by atoms with van der Waals surface area (Å²) in [6.45, 7) is 4.45. The average molecular weight is 265 g/mol. The number of hydrogen-bond acceptors (Lipinski definition) is 1. The number of benzene rings is 2. The van der Waals surface area contributed by atoms with Crippen molar-refractivity contribution in [2.75, 3.05) is 7.05 Å². The van der Waals surface area contributed by atoms with Gasteiger partial charge < -0.3 is 5.32 Å². The summed E-state index contributed by atoms with van der Waals surface area (Å²) in [6, 6.07) is 18.1. The predicted octanol–water partition coefficient (Wildman–Crippen LogP) is 4.37. The fraction of sp³-hybridized carbons (Fsp3) is 0.368. The molecule has 3 rings (SSSR count). The number of rotatable bonds is 4. The normalized spacial score (nSPS) is 22.6. The first-order valence-electron chi connectivity index (χ1n) is 7.50. The molecule has 2 aromatic rings. The Morgan fingerprint density at radius 3 is 2.45 bits per heavy atom. The van der Waals surface area contributed by atoms with E-state index >= 15 is 0 Å². The summed E-state index contributed by atoms with van der Waals surface area (Å²) in [5.41, 5.74) is 5.78. The molecule has 0 heterocycles. The molecular weight excluding hydrogens is 242 g/mol. The number of aryl methyl sites for hydroxylation is 1. The summed E-state index contributed by atoms with van der Waals surface area (Å²) in [5.74, 6) is 1.44. The monoisotopic (exact) mass is 265 g/mol. The van der Waals surface area contributed by atoms with Crippen LogP contribution in [0, 0.1) is 19.8 Å². The molecule has 3 atom stereocenters. The molecule has 1 N–H and O–H groups in total. The van der Waals surface area contributed by atoms with E-state index < -0.39 is 0 Å². The Morgan fingerprint density at radius 2 is 1.75 bits per heavy atom. The Bertz CT molecular complexity index is 588. The first-order chi connectivity index (χ1) is 9.72. The predicted molar refractivity (Wildman–Crippen MR) is 85.0 cm³/mol. The van der Waals surface area contributed by atoms with Gasteiger partial charge in [-0.2, -0.15) is 0 Å². The highest BCUT2D eigenvalue weighted by molar-refractivity contribution is 5.38. The molecule has 0 saturated heterocycles. The van der Waals surface area contributed by atoms with Gasteiger partial charge in [-0.3, -0.25) is 0 Å². The summed E-state index contributed by atoms with van der Waals surface area (Å²) >= 11 is 0. The van der Waals surface area contributed by atoms with Crippen molar-refractivity contribution in [3.05, 3.63) is 70.8 Å². The third-order valence-electron chi connectivity index (χ3n) is 4.79. The SMILES string of the molecule is CNC(c1cccc(C)c1C)C1CC1c1ccccc1. The minimum atomic E-state index is 0.472. The first kappa shape index (κ1) is 13.4. The van der Waals surface area contributed by atoms with Gasteiger partial charge in [0.25, 0.3) is 0 Å². The van der Waals surface area contributed by atoms with E-state index in [1.807, 2.05) is 0 Å². The van der Waals surface area contributed by atoms with Gasteiger partial charge in [0.2, 0.25) is 0 Å². The molecule has 2 aromatic carbocycles. The third-order valence-corrected chi connectivity index (χ3v) is 4.79. The fourth-order valence-corrected chi connectivity index (χ4v) is 3.38. The minimum absolute atomic E-state index is 0.472. The molecule has 1 fully saturated rings. The highest BCUT2D eigenvalue weighted by Crippen LogP contribution is 2.54. The lowest BCUT2D eigenvalue weighted by atomic mass is 9.93. The van der Waals surface area contributed by atoms with Crippen LogP contribution in [0.3, 0.4) is 0 Å². The van der Waals surface area contributed by atoms with E-state index in [1.165, 1.54) is 28.7 Å². The zero-order valence-corrected chi connectivity index (χ0v) is 12.6. The number of nitrogens with one attached hydrogen (secondary N) is 1. The Labute approximate surface area is 122 Å². The highest BCUT2D eigenvalue weighted by atomic mass is 14.9. The van der Waals surface area contributed by atoms with Crippen molar-refractivity contribution in [1.82, 2.24) is 5.32 Å². The average Bonchev–Trinajstić information content (AvgIpc) is 3.26. The lowest BCUT2D eigenvalue weighted by Gasteiger charge is -2.20. The smallest absolute Gasteiger partial charge is 0.0354 e. The Kier molecular flexibility index (Phi) is 3.62. The summed E-state index contributed by atoms with van der Waals surface area (Å²) in [7, 11) is 2.09. The van der Waals surface area contributed by atoms with Gasteiger partial charge in [0, 0.05) is 6.04 Å². The zero-order chi connectivity index (χ0) is 14.1. The van der Waals surface area contributed by atoms with Crippen molar-refractivity contribution >= 4 is 0 Å². The standard InChI is InChI=1S/C19H23N/c1-13-8-7-11-16(14(13)2)19(20-3)18-12-17(18)15-9-5-4-6-10-15/h4-11,17-20H,12H2,1-3H3. The number of hydrogen-bond donors (Lipinski definition) is 1. The van der Waals surface area contributed by atoms with Crippen LogP contribution in [-0.4, -0.2) is 7.05 Å². The molecule has 0 spiro atoms. The van der Waals surface area contributed by atoms with Crippen LogP contribution in [0.15, 0.2) is 48.5 Å². The van der Waals surface area contributed by atoms with Gasteiger partial charge in [0.1, 0.15) is 0 Å². The second-order valence-corrected chi connectivity index (χ2v) is 5.97. The van der Waals surface area contributed by atoms with Gasteiger partial charge in [0.15, 0.2) is 0 Å². The maximum absolute atomic E-state index is 3.55. The van der Waals surface area contributed by atoms with E-state index in [-0.39, 0.29) is 0 Å². The van der Waals surface area contributed by atoms with E-state index in [9.17, 15) is 0 Å². The molecule has 1 aliphatic carbocycles. The maximum Gasteiger partial charge on any atom is 0.0354 e. The van der Waals surface area contributed by atoms with Crippen LogP contribution in [0.4, 0.5) is 0 Å². The first-order valence-corrected chi connectivity index (χ1v) is 7.50. The van der Waals surface area contributed by atoms with Gasteiger partial charge in [-0.1, -0.05) is 48.5 Å². The van der Waals surface area contributed by atoms with E-state index in [4.69, 9.17) is 0 Å². The van der Waals surface area contributed by atoms with Crippen LogP contribution in [0.2, 0.25) is 0 Å². The molecule has 1 nitrogen and oxygen atoms in total. The fourth-order valence-electron chi connectivity index (χ4n) is 3.38. The van der Waals surface area contributed by atoms with Crippen LogP contribution in [0.1, 0.15) is 40.6 Å². The molecule has 0 amide bonds. The van der Waals surface area contributed by atoms with Crippen molar-refractivity contribution in [3.8, 4) is 0 Å². The molecule has 0 bridgehead atoms. The second-order valence-electron chi connectivity index (χ2n) is 5.97. The lowest BCUT2D eigenvalue weighted by Crippen LogP contribution is -2.20. The van der Waals surface area contributed by atoms with Gasteiger partial charge in [0.05, 0.1) is 0 Å². The molecule has 1 aliphatic rings. The zero-order valence-electron chi connectivity index (χ0n) is 12.6. The van der Waals surface area contributed by atoms with Gasteiger partial charge in [-0.25, -0.2) is 0 Å². The third kappa shape index (κ3) is 2.38. The minimum Gasteiger partial charge on any atom is -0.313 e. The molecule has 20 heavy (non-hydrogen) atoms. The highest BCUT2D eigenvalue weighted by Gasteiger charge is 2.44. The van der Waals surface area contributed by atoms with Crippen molar-refractivity contribution < 1.29 is 0 Å². The topological polar surface area (TPSA) is 12.0 Å². The van der Waals surface area contributed by atoms with Crippen molar-refractivity contribution in [2.45, 2.75) is 32.2 Å². The maximum atomic E-state index is 3.55. The van der Waals surface area contributed by atoms with Crippen LogP contribution in [0.5, 0.6) is 0 Å². The molecule has 1 heteroatoms. The van der Waals surface area contributed by atoms with E-state index in [0.717, 1.165) is 5.92 Å². The summed E-state index contributed by atoms with van der Waals surface area (Å²) in [6.07, 6.45) is 1.29. The van der Waals surface area contributed by atoms with Crippen LogP contribution >= 0.6 is 0 Å². The molecule has 104 valence electrons. The van der Waals surface area contributed by atoms with E-state index in [1.54, 1.807) is 0 Å². The van der Waals surface area contributed by atoms with Crippen molar-refractivity contribution in [3.63, 3.8) is 0 Å². The Hall–Kier alpha value is -1.60. The Balaban J connectivity index is 1.84. The van der Waals surface area contributed by atoms with Gasteiger partial charge in [-0.05, 0) is 61.4 Å². The molecule has 0 aliphatic heterocycles. The van der Waals surface area contributed by atoms with Gasteiger partial charge in [-0.15, -0.1) is 0 Å². The second kappa shape index (κ2) is 5.41. The van der Waals surface area contributed by atoms with E-state index in [0.29, 0.717) is 12.0 Å². The van der Waals surface area contributed by atoms with E-state index in [2.05, 4.69) is 74.7 Å². The summed E-state index contributed by atoms with van der Waals surface area (Å²) in [5, 5.41) is 3.55. The summed E-state index contributed by atoms with van der Waals surface area (Å²) in [4.78, 5) is 0. The summed E-state index contributed by atoms with van der Waals surface area (Å²) < 4.78 is 0. The quantitative estimate of drug-likeness (QED) is 0.865. The molecule has 3 unspecified atom stereocenters. The molecule has 1 saturated carbocycles. The molecule has 0 radical (unpaired) electrons. The van der Waals surface area contributed by atoms with Crippen LogP contribution in [0.25, 0.3) is 0 Å².